The van der Waals surface area contributed by atoms with Crippen molar-refractivity contribution >= 4 is 11.6 Å². The van der Waals surface area contributed by atoms with E-state index in [4.69, 9.17) is 16.3 Å². The molecule has 0 aromatic rings. The minimum absolute atomic E-state index is 0.0571. The highest BCUT2D eigenvalue weighted by Crippen LogP contribution is 2.28. The second-order valence-electron chi connectivity index (χ2n) is 2.91. The van der Waals surface area contributed by atoms with Crippen LogP contribution in [-0.2, 0) is 4.74 Å². The summed E-state index contributed by atoms with van der Waals surface area (Å²) in [5.74, 6) is 0.385. The average molecular weight is 173 g/mol. The maximum atomic E-state index is 6.03. The van der Waals surface area contributed by atoms with Crippen molar-refractivity contribution < 1.29 is 4.74 Å². The largest absolute Gasteiger partial charge is 0.375 e. The van der Waals surface area contributed by atoms with Crippen molar-refractivity contribution in [3.05, 3.63) is 22.8 Å². The highest BCUT2D eigenvalue weighted by atomic mass is 35.5. The number of methoxy groups -OCH3 is 1. The first-order valence-corrected chi connectivity index (χ1v) is 4.12. The summed E-state index contributed by atoms with van der Waals surface area (Å²) in [7, 11) is 1.69. The molecule has 0 fully saturated rings. The lowest BCUT2D eigenvalue weighted by atomic mass is 9.96. The zero-order valence-electron chi connectivity index (χ0n) is 7.10. The van der Waals surface area contributed by atoms with E-state index in [1.807, 2.05) is 13.0 Å². The van der Waals surface area contributed by atoms with Crippen LogP contribution < -0.4 is 0 Å². The van der Waals surface area contributed by atoms with Gasteiger partial charge in [0.2, 0.25) is 0 Å². The molecule has 0 bridgehead atoms. The molecule has 1 aliphatic rings. The number of hydrogen-bond donors (Lipinski definition) is 0. The molecule has 0 heterocycles. The van der Waals surface area contributed by atoms with Crippen LogP contribution in [-0.4, -0.2) is 13.2 Å². The first-order valence-electron chi connectivity index (χ1n) is 3.74. The number of allylic oxidation sites excluding steroid dienone is 2. The summed E-state index contributed by atoms with van der Waals surface area (Å²) < 4.78 is 5.24. The molecule has 0 N–H and O–H groups in total. The number of hydrogen-bond acceptors (Lipinski definition) is 1. The molecule has 0 saturated heterocycles. The molecule has 0 aromatic heterocycles. The van der Waals surface area contributed by atoms with Gasteiger partial charge in [0.05, 0.1) is 11.1 Å². The van der Waals surface area contributed by atoms with Crippen LogP contribution in [0.25, 0.3) is 0 Å². The van der Waals surface area contributed by atoms with Gasteiger partial charge in [-0.05, 0) is 12.5 Å². The summed E-state index contributed by atoms with van der Waals surface area (Å²) in [6.07, 6.45) is 4.22. The Morgan fingerprint density at radius 2 is 2.18 bits per heavy atom. The lowest BCUT2D eigenvalue weighted by Gasteiger charge is -2.23. The lowest BCUT2D eigenvalue weighted by Crippen LogP contribution is -2.22. The van der Waals surface area contributed by atoms with Crippen molar-refractivity contribution in [3.63, 3.8) is 0 Å². The van der Waals surface area contributed by atoms with Crippen molar-refractivity contribution in [1.29, 1.82) is 0 Å². The summed E-state index contributed by atoms with van der Waals surface area (Å²) in [6, 6.07) is 0. The minimum Gasteiger partial charge on any atom is -0.375 e. The molecule has 0 amide bonds. The van der Waals surface area contributed by atoms with E-state index in [1.165, 1.54) is 0 Å². The summed E-state index contributed by atoms with van der Waals surface area (Å²) >= 11 is 6.03. The van der Waals surface area contributed by atoms with Gasteiger partial charge in [-0.3, -0.25) is 0 Å². The van der Waals surface area contributed by atoms with Gasteiger partial charge >= 0.3 is 0 Å². The summed E-state index contributed by atoms with van der Waals surface area (Å²) in [4.78, 5) is 0. The molecule has 11 heavy (non-hydrogen) atoms. The maximum absolute atomic E-state index is 6.03. The second kappa shape index (κ2) is 3.42. The van der Waals surface area contributed by atoms with Crippen LogP contribution in [0.2, 0.25) is 0 Å². The van der Waals surface area contributed by atoms with Crippen molar-refractivity contribution in [2.24, 2.45) is 5.92 Å². The standard InChI is InChI=1S/C9H13ClO/c1-6-4-5-7(2)9(11-3)8(6)10/h4-5,7,9H,1-3H3. The van der Waals surface area contributed by atoms with Crippen molar-refractivity contribution in [1.82, 2.24) is 0 Å². The molecule has 0 spiro atoms. The van der Waals surface area contributed by atoms with Gasteiger partial charge in [0.1, 0.15) is 0 Å². The Labute approximate surface area is 72.7 Å². The normalized spacial score (nSPS) is 31.3. The quantitative estimate of drug-likeness (QED) is 0.591. The molecule has 0 aromatic carbocycles. The van der Waals surface area contributed by atoms with Gasteiger partial charge in [-0.15, -0.1) is 0 Å². The Balaban J connectivity index is 2.87. The molecule has 1 aliphatic carbocycles. The van der Waals surface area contributed by atoms with Gasteiger partial charge in [-0.2, -0.15) is 0 Å². The predicted molar refractivity (Wildman–Crippen MR) is 47.7 cm³/mol. The zero-order valence-corrected chi connectivity index (χ0v) is 7.85. The minimum atomic E-state index is 0.0571. The van der Waals surface area contributed by atoms with Gasteiger partial charge < -0.3 is 4.74 Å². The summed E-state index contributed by atoms with van der Waals surface area (Å²) in [5, 5.41) is 0.836. The van der Waals surface area contributed by atoms with E-state index in [1.54, 1.807) is 7.11 Å². The number of rotatable bonds is 1. The molecule has 0 radical (unpaired) electrons. The van der Waals surface area contributed by atoms with Crippen molar-refractivity contribution in [2.75, 3.05) is 7.11 Å². The van der Waals surface area contributed by atoms with E-state index in [-0.39, 0.29) is 6.10 Å². The summed E-state index contributed by atoms with van der Waals surface area (Å²) in [6.45, 7) is 4.09. The molecule has 2 unspecified atom stereocenters. The Bertz CT molecular complexity index is 206. The van der Waals surface area contributed by atoms with Crippen LogP contribution in [0.1, 0.15) is 13.8 Å². The van der Waals surface area contributed by atoms with Crippen LogP contribution in [0, 0.1) is 5.92 Å². The van der Waals surface area contributed by atoms with Gasteiger partial charge in [-0.1, -0.05) is 30.7 Å². The van der Waals surface area contributed by atoms with Crippen molar-refractivity contribution in [3.8, 4) is 0 Å². The number of halogens is 1. The average Bonchev–Trinajstić information content (AvgIpc) is 1.99. The third-order valence-electron chi connectivity index (χ3n) is 2.01. The number of ether oxygens (including phenoxy) is 1. The van der Waals surface area contributed by atoms with Crippen molar-refractivity contribution in [2.45, 2.75) is 20.0 Å². The van der Waals surface area contributed by atoms with E-state index >= 15 is 0 Å². The SMILES string of the molecule is COC1C(Cl)=C(C)C=CC1C. The molecule has 1 nitrogen and oxygen atoms in total. The molecule has 1 rings (SSSR count). The second-order valence-corrected chi connectivity index (χ2v) is 3.31. The van der Waals surface area contributed by atoms with Gasteiger partial charge in [0, 0.05) is 13.0 Å². The third-order valence-corrected chi connectivity index (χ3v) is 2.52. The fourth-order valence-corrected chi connectivity index (χ4v) is 1.60. The Morgan fingerprint density at radius 3 is 2.64 bits per heavy atom. The fourth-order valence-electron chi connectivity index (χ4n) is 1.25. The van der Waals surface area contributed by atoms with Crippen LogP contribution in [0.4, 0.5) is 0 Å². The van der Waals surface area contributed by atoms with E-state index in [0.717, 1.165) is 10.6 Å². The zero-order chi connectivity index (χ0) is 8.43. The van der Waals surface area contributed by atoms with Gasteiger partial charge in [-0.25, -0.2) is 0 Å². The molecular weight excluding hydrogens is 160 g/mol. The first-order chi connectivity index (χ1) is 5.16. The Kier molecular flexibility index (Phi) is 2.74. The van der Waals surface area contributed by atoms with E-state index in [0.29, 0.717) is 5.92 Å². The predicted octanol–water partition coefficient (Wildman–Crippen LogP) is 2.72. The van der Waals surface area contributed by atoms with Crippen LogP contribution in [0.15, 0.2) is 22.8 Å². The van der Waals surface area contributed by atoms with Crippen LogP contribution in [0.5, 0.6) is 0 Å². The van der Waals surface area contributed by atoms with Crippen LogP contribution >= 0.6 is 11.6 Å². The Hall–Kier alpha value is -0.270. The molecule has 0 aliphatic heterocycles. The smallest absolute Gasteiger partial charge is 0.0988 e. The van der Waals surface area contributed by atoms with Gasteiger partial charge in [0.15, 0.2) is 0 Å². The maximum Gasteiger partial charge on any atom is 0.0988 e. The highest BCUT2D eigenvalue weighted by Gasteiger charge is 2.22. The Morgan fingerprint density at radius 1 is 1.55 bits per heavy atom. The van der Waals surface area contributed by atoms with E-state index in [9.17, 15) is 0 Å². The molecule has 0 saturated carbocycles. The first kappa shape index (κ1) is 8.82. The summed E-state index contributed by atoms with van der Waals surface area (Å²) in [5.41, 5.74) is 1.11. The highest BCUT2D eigenvalue weighted by molar-refractivity contribution is 6.30. The topological polar surface area (TPSA) is 9.23 Å². The van der Waals surface area contributed by atoms with E-state index in [2.05, 4.69) is 13.0 Å². The lowest BCUT2D eigenvalue weighted by molar-refractivity contribution is 0.107. The van der Waals surface area contributed by atoms with Gasteiger partial charge in [0.25, 0.3) is 0 Å². The molecule has 2 atom stereocenters. The molecular formula is C9H13ClO. The molecule has 2 heteroatoms. The molecule has 62 valence electrons. The monoisotopic (exact) mass is 172 g/mol. The fraction of sp³-hybridized carbons (Fsp3) is 0.556. The van der Waals surface area contributed by atoms with Crippen LogP contribution in [0.3, 0.4) is 0 Å². The van der Waals surface area contributed by atoms with E-state index < -0.39 is 0 Å². The third kappa shape index (κ3) is 1.66.